The Bertz CT molecular complexity index is 457. The van der Waals surface area contributed by atoms with E-state index in [4.69, 9.17) is 4.74 Å². The van der Waals surface area contributed by atoms with Crippen molar-refractivity contribution in [1.29, 1.82) is 0 Å². The minimum absolute atomic E-state index is 0.253. The smallest absolute Gasteiger partial charge is 0.240 e. The lowest BCUT2D eigenvalue weighted by Gasteiger charge is -2.13. The lowest BCUT2D eigenvalue weighted by Crippen LogP contribution is -2.35. The first-order chi connectivity index (χ1) is 8.49. The van der Waals surface area contributed by atoms with Crippen molar-refractivity contribution < 1.29 is 13.2 Å². The second-order valence-electron chi connectivity index (χ2n) is 4.15. The van der Waals surface area contributed by atoms with Gasteiger partial charge in [-0.1, -0.05) is 12.1 Å². The van der Waals surface area contributed by atoms with E-state index in [2.05, 4.69) is 10.0 Å². The number of rotatable bonds is 7. The molecule has 0 fully saturated rings. The zero-order valence-corrected chi connectivity index (χ0v) is 11.8. The molecule has 0 aromatic heterocycles. The summed E-state index contributed by atoms with van der Waals surface area (Å²) in [5.41, 5.74) is 1.04. The van der Waals surface area contributed by atoms with Crippen molar-refractivity contribution in [3.8, 4) is 0 Å². The van der Waals surface area contributed by atoms with Crippen LogP contribution in [0.3, 0.4) is 0 Å². The first-order valence-electron chi connectivity index (χ1n) is 5.74. The average Bonchev–Trinajstić information content (AvgIpc) is 2.29. The Balaban J connectivity index is 2.78. The molecule has 6 heteroatoms. The fraction of sp³-hybridized carbons (Fsp3) is 0.500. The van der Waals surface area contributed by atoms with Crippen LogP contribution in [0.25, 0.3) is 0 Å². The van der Waals surface area contributed by atoms with E-state index in [0.29, 0.717) is 13.2 Å². The molecule has 0 saturated heterocycles. The molecule has 1 rings (SSSR count). The second kappa shape index (κ2) is 6.84. The minimum atomic E-state index is -3.46. The van der Waals surface area contributed by atoms with E-state index in [9.17, 15) is 8.42 Å². The molecule has 1 aromatic carbocycles. The van der Waals surface area contributed by atoms with Gasteiger partial charge in [0.05, 0.1) is 11.5 Å². The molecule has 0 aliphatic rings. The van der Waals surface area contributed by atoms with Gasteiger partial charge in [-0.15, -0.1) is 0 Å². The van der Waals surface area contributed by atoms with Crippen LogP contribution >= 0.6 is 0 Å². The monoisotopic (exact) mass is 272 g/mol. The molecule has 0 aliphatic carbocycles. The quantitative estimate of drug-likeness (QED) is 0.767. The zero-order chi connectivity index (χ0) is 13.6. The summed E-state index contributed by atoms with van der Waals surface area (Å²) in [6.45, 7) is 2.82. The molecule has 0 aliphatic heterocycles. The molecule has 0 heterocycles. The third kappa shape index (κ3) is 4.38. The van der Waals surface area contributed by atoms with Gasteiger partial charge in [-0.25, -0.2) is 13.1 Å². The van der Waals surface area contributed by atoms with E-state index < -0.39 is 10.0 Å². The normalized spacial score (nSPS) is 13.5. The number of ether oxygens (including phenoxy) is 1. The molecule has 1 aromatic rings. The number of sulfonamides is 1. The van der Waals surface area contributed by atoms with Crippen molar-refractivity contribution in [2.45, 2.75) is 24.4 Å². The summed E-state index contributed by atoms with van der Waals surface area (Å²) >= 11 is 0. The molecule has 2 N–H and O–H groups in total. The van der Waals surface area contributed by atoms with Crippen LogP contribution in [0.1, 0.15) is 12.5 Å². The standard InChI is InChI=1S/C12H20N2O3S/c1-10(9-17-3)14-18(15,16)12-6-4-11(5-7-12)8-13-2/h4-7,10,13-14H,8-9H2,1-3H3. The highest BCUT2D eigenvalue weighted by Crippen LogP contribution is 2.11. The summed E-state index contributed by atoms with van der Waals surface area (Å²) in [5, 5.41) is 3.01. The molecule has 1 unspecified atom stereocenters. The third-order valence-corrected chi connectivity index (χ3v) is 3.99. The Labute approximate surface area is 109 Å². The maximum Gasteiger partial charge on any atom is 0.240 e. The predicted octanol–water partition coefficient (Wildman–Crippen LogP) is 0.719. The lowest BCUT2D eigenvalue weighted by molar-refractivity contribution is 0.180. The Kier molecular flexibility index (Phi) is 5.74. The van der Waals surface area contributed by atoms with Gasteiger partial charge in [0.25, 0.3) is 0 Å². The summed E-state index contributed by atoms with van der Waals surface area (Å²) in [6.07, 6.45) is 0. The van der Waals surface area contributed by atoms with Gasteiger partial charge in [-0.05, 0) is 31.7 Å². The number of nitrogens with one attached hydrogen (secondary N) is 2. The lowest BCUT2D eigenvalue weighted by atomic mass is 10.2. The van der Waals surface area contributed by atoms with Crippen molar-refractivity contribution in [2.24, 2.45) is 0 Å². The first kappa shape index (κ1) is 15.1. The van der Waals surface area contributed by atoms with Crippen LogP contribution in [-0.2, 0) is 21.3 Å². The summed E-state index contributed by atoms with van der Waals surface area (Å²) in [4.78, 5) is 0.269. The third-order valence-electron chi connectivity index (χ3n) is 2.39. The van der Waals surface area contributed by atoms with Crippen LogP contribution in [-0.4, -0.2) is 35.2 Å². The maximum absolute atomic E-state index is 12.0. The van der Waals surface area contributed by atoms with Gasteiger partial charge in [0.2, 0.25) is 10.0 Å². The largest absolute Gasteiger partial charge is 0.383 e. The summed E-state index contributed by atoms with van der Waals surface area (Å²) in [7, 11) is -0.0789. The fourth-order valence-corrected chi connectivity index (χ4v) is 2.84. The van der Waals surface area contributed by atoms with Crippen LogP contribution < -0.4 is 10.0 Å². The van der Waals surface area contributed by atoms with Crippen LogP contribution in [0.15, 0.2) is 29.2 Å². The molecular formula is C12H20N2O3S. The molecule has 0 spiro atoms. The van der Waals surface area contributed by atoms with Crippen LogP contribution in [0.2, 0.25) is 0 Å². The van der Waals surface area contributed by atoms with E-state index in [1.807, 2.05) is 7.05 Å². The molecule has 1 atom stereocenters. The highest BCUT2D eigenvalue weighted by Gasteiger charge is 2.16. The van der Waals surface area contributed by atoms with Crippen LogP contribution in [0.5, 0.6) is 0 Å². The van der Waals surface area contributed by atoms with Gasteiger partial charge in [-0.3, -0.25) is 0 Å². The number of benzene rings is 1. The molecule has 102 valence electrons. The summed E-state index contributed by atoms with van der Waals surface area (Å²) in [5.74, 6) is 0. The molecular weight excluding hydrogens is 252 g/mol. The first-order valence-corrected chi connectivity index (χ1v) is 7.22. The van der Waals surface area contributed by atoms with E-state index >= 15 is 0 Å². The van der Waals surface area contributed by atoms with Crippen molar-refractivity contribution in [3.05, 3.63) is 29.8 Å². The highest BCUT2D eigenvalue weighted by atomic mass is 32.2. The second-order valence-corrected chi connectivity index (χ2v) is 5.87. The summed E-state index contributed by atoms with van der Waals surface area (Å²) < 4.78 is 31.5. The van der Waals surface area contributed by atoms with E-state index in [1.54, 1.807) is 31.2 Å². The van der Waals surface area contributed by atoms with Crippen molar-refractivity contribution >= 4 is 10.0 Å². The van der Waals surface area contributed by atoms with E-state index in [1.165, 1.54) is 7.11 Å². The summed E-state index contributed by atoms with van der Waals surface area (Å²) in [6, 6.07) is 6.55. The Morgan fingerprint density at radius 3 is 2.39 bits per heavy atom. The number of hydrogen-bond donors (Lipinski definition) is 2. The van der Waals surface area contributed by atoms with Gasteiger partial charge >= 0.3 is 0 Å². The van der Waals surface area contributed by atoms with Crippen LogP contribution in [0.4, 0.5) is 0 Å². The predicted molar refractivity (Wildman–Crippen MR) is 70.9 cm³/mol. The molecule has 5 nitrogen and oxygen atoms in total. The molecule has 0 radical (unpaired) electrons. The Hall–Kier alpha value is -0.950. The highest BCUT2D eigenvalue weighted by molar-refractivity contribution is 7.89. The average molecular weight is 272 g/mol. The van der Waals surface area contributed by atoms with Gasteiger partial charge in [0.1, 0.15) is 0 Å². The maximum atomic E-state index is 12.0. The van der Waals surface area contributed by atoms with E-state index in [-0.39, 0.29) is 10.9 Å². The van der Waals surface area contributed by atoms with Gasteiger partial charge in [-0.2, -0.15) is 0 Å². The fourth-order valence-electron chi connectivity index (χ4n) is 1.61. The van der Waals surface area contributed by atoms with Gasteiger partial charge in [0, 0.05) is 19.7 Å². The number of hydrogen-bond acceptors (Lipinski definition) is 4. The minimum Gasteiger partial charge on any atom is -0.383 e. The zero-order valence-electron chi connectivity index (χ0n) is 10.9. The Morgan fingerprint density at radius 1 is 1.28 bits per heavy atom. The number of methoxy groups -OCH3 is 1. The van der Waals surface area contributed by atoms with Gasteiger partial charge < -0.3 is 10.1 Å². The van der Waals surface area contributed by atoms with Gasteiger partial charge in [0.15, 0.2) is 0 Å². The van der Waals surface area contributed by atoms with E-state index in [0.717, 1.165) is 5.56 Å². The van der Waals surface area contributed by atoms with Crippen molar-refractivity contribution in [1.82, 2.24) is 10.0 Å². The Morgan fingerprint density at radius 2 is 1.89 bits per heavy atom. The van der Waals surface area contributed by atoms with Crippen LogP contribution in [0, 0.1) is 0 Å². The van der Waals surface area contributed by atoms with Crippen molar-refractivity contribution in [3.63, 3.8) is 0 Å². The molecule has 18 heavy (non-hydrogen) atoms. The molecule has 0 saturated carbocycles. The van der Waals surface area contributed by atoms with Crippen molar-refractivity contribution in [2.75, 3.05) is 20.8 Å². The SMILES string of the molecule is CNCc1ccc(S(=O)(=O)NC(C)COC)cc1. The molecule has 0 bridgehead atoms. The topological polar surface area (TPSA) is 67.4 Å². The molecule has 0 amide bonds.